The summed E-state index contributed by atoms with van der Waals surface area (Å²) < 4.78 is 0. The Balaban J connectivity index is 2.12. The average Bonchev–Trinajstić information content (AvgIpc) is 2.80. The highest BCUT2D eigenvalue weighted by Crippen LogP contribution is 2.31. The fourth-order valence-corrected chi connectivity index (χ4v) is 2.66. The summed E-state index contributed by atoms with van der Waals surface area (Å²) in [6.07, 6.45) is 16.9. The molecule has 106 valence electrons. The number of benzene rings is 1. The van der Waals surface area contributed by atoms with Gasteiger partial charge < -0.3 is 4.90 Å². The molecule has 1 heterocycles. The van der Waals surface area contributed by atoms with Crippen LogP contribution in [0.3, 0.4) is 0 Å². The minimum absolute atomic E-state index is 0.104. The first kappa shape index (κ1) is 13.9. The number of likely N-dealkylation sites (N-methyl/N-ethyl adjacent to an activating group) is 1. The molecule has 1 fully saturated rings. The third-order valence-electron chi connectivity index (χ3n) is 3.74. The molecule has 0 atom stereocenters. The fraction of sp³-hybridized carbons (Fsp3) is 0.158. The summed E-state index contributed by atoms with van der Waals surface area (Å²) in [5.74, 6) is 5.01. The Morgan fingerprint density at radius 1 is 1.09 bits per heavy atom. The van der Waals surface area contributed by atoms with Crippen LogP contribution in [0, 0.1) is 24.7 Å². The summed E-state index contributed by atoms with van der Waals surface area (Å²) in [4.78, 5) is 18.6. The van der Waals surface area contributed by atoms with Crippen molar-refractivity contribution in [3.63, 3.8) is 0 Å². The molecule has 1 aliphatic carbocycles. The summed E-state index contributed by atoms with van der Waals surface area (Å²) in [6.45, 7) is 0. The van der Waals surface area contributed by atoms with Crippen molar-refractivity contribution in [1.29, 1.82) is 0 Å². The third kappa shape index (κ3) is 2.24. The van der Waals surface area contributed by atoms with Gasteiger partial charge in [0.05, 0.1) is 5.69 Å². The first-order valence-electron chi connectivity index (χ1n) is 7.00. The lowest BCUT2D eigenvalue weighted by Gasteiger charge is -2.12. The zero-order valence-corrected chi connectivity index (χ0v) is 12.3. The number of amides is 1. The molecular weight excluding hydrogens is 272 g/mol. The number of aliphatic imine (C=N–C) groups is 1. The SMILES string of the molecule is C#Cc1cc(C#C)cc(/N=C2/C(=O)N(C)C3=CCCC=C32)c1. The van der Waals surface area contributed by atoms with Gasteiger partial charge in [-0.15, -0.1) is 12.8 Å². The number of nitrogens with zero attached hydrogens (tertiary/aromatic N) is 2. The smallest absolute Gasteiger partial charge is 0.277 e. The van der Waals surface area contributed by atoms with Crippen molar-refractivity contribution >= 4 is 17.3 Å². The number of terminal acetylenes is 2. The Labute approximate surface area is 130 Å². The molecule has 0 spiro atoms. The molecule has 3 heteroatoms. The molecule has 1 aromatic rings. The van der Waals surface area contributed by atoms with Gasteiger partial charge in [0, 0.05) is 29.4 Å². The van der Waals surface area contributed by atoms with E-state index in [9.17, 15) is 4.79 Å². The summed E-state index contributed by atoms with van der Waals surface area (Å²) >= 11 is 0. The first-order chi connectivity index (χ1) is 10.6. The molecule has 22 heavy (non-hydrogen) atoms. The molecule has 1 saturated heterocycles. The van der Waals surface area contributed by atoms with E-state index >= 15 is 0 Å². The van der Waals surface area contributed by atoms with Crippen molar-refractivity contribution in [3.8, 4) is 24.7 Å². The maximum Gasteiger partial charge on any atom is 0.277 e. The second kappa shape index (κ2) is 5.39. The number of fused-ring (bicyclic) bond motifs is 1. The predicted octanol–water partition coefficient (Wildman–Crippen LogP) is 2.80. The van der Waals surface area contributed by atoms with Crippen molar-refractivity contribution in [2.75, 3.05) is 7.05 Å². The van der Waals surface area contributed by atoms with E-state index in [2.05, 4.69) is 29.0 Å². The monoisotopic (exact) mass is 286 g/mol. The normalized spacial score (nSPS) is 18.4. The van der Waals surface area contributed by atoms with Crippen LogP contribution >= 0.6 is 0 Å². The van der Waals surface area contributed by atoms with Gasteiger partial charge in [-0.25, -0.2) is 4.99 Å². The van der Waals surface area contributed by atoms with Gasteiger partial charge >= 0.3 is 0 Å². The van der Waals surface area contributed by atoms with Gasteiger partial charge in [-0.3, -0.25) is 4.79 Å². The number of rotatable bonds is 1. The third-order valence-corrected chi connectivity index (χ3v) is 3.74. The van der Waals surface area contributed by atoms with E-state index in [0.717, 1.165) is 24.1 Å². The van der Waals surface area contributed by atoms with E-state index < -0.39 is 0 Å². The van der Waals surface area contributed by atoms with E-state index in [1.54, 1.807) is 30.1 Å². The second-order valence-electron chi connectivity index (χ2n) is 5.17. The van der Waals surface area contributed by atoms with Gasteiger partial charge in [0.15, 0.2) is 0 Å². The molecule has 0 aromatic heterocycles. The highest BCUT2D eigenvalue weighted by Gasteiger charge is 2.35. The van der Waals surface area contributed by atoms with Gasteiger partial charge in [-0.2, -0.15) is 0 Å². The molecule has 0 saturated carbocycles. The quantitative estimate of drug-likeness (QED) is 0.731. The molecule has 1 aliphatic heterocycles. The van der Waals surface area contributed by atoms with Crippen molar-refractivity contribution in [2.45, 2.75) is 12.8 Å². The molecule has 3 nitrogen and oxygen atoms in total. The number of hydrogen-bond donors (Lipinski definition) is 0. The van der Waals surface area contributed by atoms with Crippen molar-refractivity contribution in [3.05, 3.63) is 52.7 Å². The average molecular weight is 286 g/mol. The van der Waals surface area contributed by atoms with E-state index in [1.165, 1.54) is 0 Å². The Morgan fingerprint density at radius 2 is 1.73 bits per heavy atom. The van der Waals surface area contributed by atoms with Crippen LogP contribution in [0.2, 0.25) is 0 Å². The number of carbonyl (C=O) groups is 1. The summed E-state index contributed by atoms with van der Waals surface area (Å²) in [5.41, 5.74) is 4.19. The Hall–Kier alpha value is -3.04. The minimum atomic E-state index is -0.104. The lowest BCUT2D eigenvalue weighted by atomic mass is 10.0. The minimum Gasteiger partial charge on any atom is -0.310 e. The van der Waals surface area contributed by atoms with Crippen LogP contribution in [0.15, 0.2) is 46.6 Å². The number of likely N-dealkylation sites (tertiary alicyclic amines) is 1. The molecule has 1 aromatic carbocycles. The first-order valence-corrected chi connectivity index (χ1v) is 7.00. The van der Waals surface area contributed by atoms with Crippen LogP contribution in [0.25, 0.3) is 0 Å². The highest BCUT2D eigenvalue weighted by molar-refractivity contribution is 6.50. The largest absolute Gasteiger partial charge is 0.310 e. The summed E-state index contributed by atoms with van der Waals surface area (Å²) in [7, 11) is 1.76. The number of allylic oxidation sites excluding steroid dienone is 3. The van der Waals surface area contributed by atoms with Crippen molar-refractivity contribution in [2.24, 2.45) is 4.99 Å². The van der Waals surface area contributed by atoms with Gasteiger partial charge in [-0.05, 0) is 31.0 Å². The molecule has 3 rings (SSSR count). The fourth-order valence-electron chi connectivity index (χ4n) is 2.66. The second-order valence-corrected chi connectivity index (χ2v) is 5.17. The van der Waals surface area contributed by atoms with Crippen molar-refractivity contribution in [1.82, 2.24) is 4.90 Å². The topological polar surface area (TPSA) is 32.7 Å². The van der Waals surface area contributed by atoms with Crippen LogP contribution in [0.4, 0.5) is 5.69 Å². The molecule has 0 N–H and O–H groups in total. The van der Waals surface area contributed by atoms with E-state index in [1.807, 2.05) is 0 Å². The molecule has 0 radical (unpaired) electrons. The lowest BCUT2D eigenvalue weighted by molar-refractivity contribution is -0.120. The maximum absolute atomic E-state index is 12.4. The number of hydrogen-bond acceptors (Lipinski definition) is 2. The molecule has 0 bridgehead atoms. The van der Waals surface area contributed by atoms with Crippen LogP contribution in [-0.4, -0.2) is 23.6 Å². The maximum atomic E-state index is 12.4. The zero-order valence-electron chi connectivity index (χ0n) is 12.3. The number of carbonyl (C=O) groups excluding carboxylic acids is 1. The van der Waals surface area contributed by atoms with Gasteiger partial charge in [0.2, 0.25) is 0 Å². The van der Waals surface area contributed by atoms with Crippen LogP contribution in [0.5, 0.6) is 0 Å². The highest BCUT2D eigenvalue weighted by atomic mass is 16.2. The van der Waals surface area contributed by atoms with Crippen LogP contribution in [0.1, 0.15) is 24.0 Å². The van der Waals surface area contributed by atoms with Gasteiger partial charge in [0.1, 0.15) is 5.71 Å². The summed E-state index contributed by atoms with van der Waals surface area (Å²) in [5, 5.41) is 0. The Kier molecular flexibility index (Phi) is 3.41. The van der Waals surface area contributed by atoms with Crippen molar-refractivity contribution < 1.29 is 4.79 Å². The van der Waals surface area contributed by atoms with Crippen LogP contribution in [-0.2, 0) is 4.79 Å². The Morgan fingerprint density at radius 3 is 2.36 bits per heavy atom. The molecule has 0 unspecified atom stereocenters. The van der Waals surface area contributed by atoms with E-state index in [0.29, 0.717) is 22.5 Å². The molecule has 1 amide bonds. The Bertz CT molecular complexity index is 809. The van der Waals surface area contributed by atoms with Crippen LogP contribution < -0.4 is 0 Å². The predicted molar refractivity (Wildman–Crippen MR) is 87.6 cm³/mol. The summed E-state index contributed by atoms with van der Waals surface area (Å²) in [6, 6.07) is 5.26. The molecular formula is C19H14N2O. The standard InChI is InChI=1S/C19H14N2O/c1-4-13-10-14(5-2)12-15(11-13)20-18-16-8-6-7-9-17(16)21(3)19(18)22/h1-2,8-12H,6-7H2,3H3/b20-18+. The van der Waals surface area contributed by atoms with E-state index in [-0.39, 0.29) is 5.91 Å². The van der Waals surface area contributed by atoms with Gasteiger partial charge in [0.25, 0.3) is 5.91 Å². The molecule has 2 aliphatic rings. The van der Waals surface area contributed by atoms with Gasteiger partial charge in [-0.1, -0.05) is 24.0 Å². The lowest BCUT2D eigenvalue weighted by Crippen LogP contribution is -2.21. The van der Waals surface area contributed by atoms with E-state index in [4.69, 9.17) is 12.8 Å². The zero-order chi connectivity index (χ0) is 15.7.